The van der Waals surface area contributed by atoms with Gasteiger partial charge in [-0.3, -0.25) is 14.4 Å². The number of hydrogen-bond acceptors (Lipinski definition) is 8. The number of nitrogens with one attached hydrogen (secondary N) is 3. The highest BCUT2D eigenvalue weighted by molar-refractivity contribution is 8.00. The zero-order valence-corrected chi connectivity index (χ0v) is 30.0. The lowest BCUT2D eigenvalue weighted by Crippen LogP contribution is -2.30. The molecule has 51 heavy (non-hydrogen) atoms. The number of ether oxygens (including phenoxy) is 1. The Hall–Kier alpha value is -5.57. The van der Waals surface area contributed by atoms with E-state index in [9.17, 15) is 19.6 Å². The molecule has 258 valence electrons. The molecule has 0 saturated carbocycles. The van der Waals surface area contributed by atoms with Gasteiger partial charge in [0.2, 0.25) is 5.91 Å². The molecule has 2 unspecified atom stereocenters. The van der Waals surface area contributed by atoms with Crippen LogP contribution >= 0.6 is 23.1 Å². The van der Waals surface area contributed by atoms with Crippen LogP contribution in [0.3, 0.4) is 0 Å². The van der Waals surface area contributed by atoms with E-state index in [2.05, 4.69) is 28.9 Å². The lowest BCUT2D eigenvalue weighted by Gasteiger charge is -2.17. The molecule has 6 rings (SSSR count). The molecule has 5 aromatic rings. The second kappa shape index (κ2) is 16.0. The van der Waals surface area contributed by atoms with Crippen LogP contribution in [-0.2, 0) is 22.4 Å². The van der Waals surface area contributed by atoms with Gasteiger partial charge in [-0.2, -0.15) is 5.26 Å². The maximum absolute atomic E-state index is 13.6. The van der Waals surface area contributed by atoms with Gasteiger partial charge in [0, 0.05) is 27.1 Å². The molecule has 1 aliphatic carbocycles. The van der Waals surface area contributed by atoms with Gasteiger partial charge in [0.25, 0.3) is 11.8 Å². The van der Waals surface area contributed by atoms with Gasteiger partial charge in [-0.05, 0) is 98.3 Å². The minimum absolute atomic E-state index is 0.0185. The molecule has 2 heterocycles. The summed E-state index contributed by atoms with van der Waals surface area (Å²) in [5.74, 6) is 0.912. The fraction of sp³-hybridized carbons (Fsp3) is 0.200. The predicted octanol–water partition coefficient (Wildman–Crippen LogP) is 8.54. The number of carbonyl (C=O) groups is 3. The van der Waals surface area contributed by atoms with Gasteiger partial charge in [0.1, 0.15) is 34.0 Å². The topological polar surface area (TPSA) is 133 Å². The molecule has 3 N–H and O–H groups in total. The Kier molecular flexibility index (Phi) is 11.0. The maximum atomic E-state index is 13.6. The molecule has 0 saturated heterocycles. The SMILES string of the molecule is COc1ccccc1-c1ccc(/C=C(/NC(=O)c2ccccc2)C(=O)Nc2ccc(SC(C)C(=O)Nc3sc4c(c3C#N)CCC(C)C4)cc2)o1. The van der Waals surface area contributed by atoms with Crippen molar-refractivity contribution in [2.24, 2.45) is 5.92 Å². The predicted molar refractivity (Wildman–Crippen MR) is 202 cm³/mol. The van der Waals surface area contributed by atoms with Crippen LogP contribution in [0, 0.1) is 17.2 Å². The van der Waals surface area contributed by atoms with Crippen molar-refractivity contribution in [3.8, 4) is 23.1 Å². The van der Waals surface area contributed by atoms with Crippen LogP contribution in [0.15, 0.2) is 106 Å². The number of para-hydroxylation sites is 1. The summed E-state index contributed by atoms with van der Waals surface area (Å²) in [6.45, 7) is 4.03. The van der Waals surface area contributed by atoms with Gasteiger partial charge in [0.15, 0.2) is 0 Å². The summed E-state index contributed by atoms with van der Waals surface area (Å²) in [5, 5.41) is 18.6. The van der Waals surface area contributed by atoms with Gasteiger partial charge >= 0.3 is 0 Å². The minimum Gasteiger partial charge on any atom is -0.496 e. The zero-order valence-electron chi connectivity index (χ0n) is 28.3. The number of hydrogen-bond donors (Lipinski definition) is 3. The average Bonchev–Trinajstić information content (AvgIpc) is 3.75. The summed E-state index contributed by atoms with van der Waals surface area (Å²) in [6, 6.07) is 28.9. The Labute approximate surface area is 304 Å². The Morgan fingerprint density at radius 1 is 1.00 bits per heavy atom. The molecule has 9 nitrogen and oxygen atoms in total. The highest BCUT2D eigenvalue weighted by Crippen LogP contribution is 2.40. The molecule has 0 bridgehead atoms. The lowest BCUT2D eigenvalue weighted by molar-refractivity contribution is -0.115. The first kappa shape index (κ1) is 35.3. The molecule has 0 radical (unpaired) electrons. The fourth-order valence-corrected chi connectivity index (χ4v) is 7.98. The van der Waals surface area contributed by atoms with Gasteiger partial charge in [-0.25, -0.2) is 0 Å². The summed E-state index contributed by atoms with van der Waals surface area (Å²) in [5.41, 5.74) is 3.28. The first-order chi connectivity index (χ1) is 24.7. The molecular weight excluding hydrogens is 681 g/mol. The summed E-state index contributed by atoms with van der Waals surface area (Å²) in [7, 11) is 1.58. The Bertz CT molecular complexity index is 2130. The fourth-order valence-electron chi connectivity index (χ4n) is 5.75. The number of nitrogens with zero attached hydrogens (tertiary/aromatic N) is 1. The van der Waals surface area contributed by atoms with Crippen molar-refractivity contribution >= 4 is 57.6 Å². The number of thiophene rings is 1. The largest absolute Gasteiger partial charge is 0.496 e. The number of rotatable bonds is 11. The van der Waals surface area contributed by atoms with Crippen molar-refractivity contribution < 1.29 is 23.5 Å². The zero-order chi connectivity index (χ0) is 35.9. The van der Waals surface area contributed by atoms with E-state index in [-0.39, 0.29) is 11.6 Å². The molecule has 0 fully saturated rings. The van der Waals surface area contributed by atoms with E-state index in [0.717, 1.165) is 35.3 Å². The third-order valence-corrected chi connectivity index (χ3v) is 10.8. The molecule has 0 aliphatic heterocycles. The van der Waals surface area contributed by atoms with Crippen molar-refractivity contribution in [1.82, 2.24) is 5.32 Å². The van der Waals surface area contributed by atoms with Gasteiger partial charge < -0.3 is 25.1 Å². The summed E-state index contributed by atoms with van der Waals surface area (Å²) >= 11 is 2.88. The molecule has 11 heteroatoms. The standard InChI is InChI=1S/C40H36N4O5S2/c1-24-13-19-30-32(23-41)40(51-36(30)21-24)44-37(45)25(2)50-29-17-14-27(15-18-29)42-39(47)33(43-38(46)26-9-5-4-6-10-26)22-28-16-20-35(49-28)31-11-7-8-12-34(31)48-3/h4-12,14-18,20,22,24-25H,13,19,21H2,1-3H3,(H,42,47)(H,43,46)(H,44,45)/b33-22+. The highest BCUT2D eigenvalue weighted by atomic mass is 32.2. The second-order valence-corrected chi connectivity index (χ2v) is 14.7. The van der Waals surface area contributed by atoms with Crippen LogP contribution in [0.5, 0.6) is 5.75 Å². The number of nitriles is 1. The van der Waals surface area contributed by atoms with E-state index in [0.29, 0.717) is 45.0 Å². The van der Waals surface area contributed by atoms with Crippen LogP contribution in [0.4, 0.5) is 10.7 Å². The van der Waals surface area contributed by atoms with Crippen molar-refractivity contribution in [3.63, 3.8) is 0 Å². The summed E-state index contributed by atoms with van der Waals surface area (Å²) < 4.78 is 11.5. The molecule has 3 amide bonds. The number of fused-ring (bicyclic) bond motifs is 1. The molecule has 2 atom stereocenters. The van der Waals surface area contributed by atoms with E-state index in [1.54, 1.807) is 61.7 Å². The molecule has 1 aliphatic rings. The van der Waals surface area contributed by atoms with Crippen LogP contribution in [0.1, 0.15) is 52.4 Å². The van der Waals surface area contributed by atoms with E-state index in [1.165, 1.54) is 34.1 Å². The molecule has 0 spiro atoms. The quantitative estimate of drug-likeness (QED) is 0.0922. The Morgan fingerprint density at radius 2 is 1.75 bits per heavy atom. The number of amides is 3. The smallest absolute Gasteiger partial charge is 0.272 e. The molecular formula is C40H36N4O5S2. The monoisotopic (exact) mass is 716 g/mol. The van der Waals surface area contributed by atoms with Crippen molar-refractivity contribution in [2.75, 3.05) is 17.7 Å². The van der Waals surface area contributed by atoms with Crippen LogP contribution in [0.25, 0.3) is 17.4 Å². The number of benzene rings is 3. The second-order valence-electron chi connectivity index (χ2n) is 12.2. The van der Waals surface area contributed by atoms with E-state index < -0.39 is 17.1 Å². The van der Waals surface area contributed by atoms with Crippen molar-refractivity contribution in [1.29, 1.82) is 5.26 Å². The summed E-state index contributed by atoms with van der Waals surface area (Å²) in [6.07, 6.45) is 4.32. The summed E-state index contributed by atoms with van der Waals surface area (Å²) in [4.78, 5) is 41.9. The highest BCUT2D eigenvalue weighted by Gasteiger charge is 2.26. The minimum atomic E-state index is -0.552. The van der Waals surface area contributed by atoms with E-state index >= 15 is 0 Å². The van der Waals surface area contributed by atoms with Gasteiger partial charge in [-0.1, -0.05) is 37.3 Å². The lowest BCUT2D eigenvalue weighted by atomic mass is 9.89. The van der Waals surface area contributed by atoms with Gasteiger partial charge in [-0.15, -0.1) is 23.1 Å². The van der Waals surface area contributed by atoms with Crippen LogP contribution < -0.4 is 20.7 Å². The van der Waals surface area contributed by atoms with Gasteiger partial charge in [0.05, 0.1) is 23.5 Å². The Morgan fingerprint density at radius 3 is 2.49 bits per heavy atom. The van der Waals surface area contributed by atoms with E-state index in [1.807, 2.05) is 43.3 Å². The van der Waals surface area contributed by atoms with Crippen LogP contribution in [0.2, 0.25) is 0 Å². The molecule has 3 aromatic carbocycles. The number of methoxy groups -OCH3 is 1. The maximum Gasteiger partial charge on any atom is 0.272 e. The third kappa shape index (κ3) is 8.43. The first-order valence-corrected chi connectivity index (χ1v) is 18.2. The number of anilines is 2. The number of thioether (sulfide) groups is 1. The number of furan rings is 1. The van der Waals surface area contributed by atoms with E-state index in [4.69, 9.17) is 9.15 Å². The third-order valence-electron chi connectivity index (χ3n) is 8.47. The molecule has 2 aromatic heterocycles. The Balaban J connectivity index is 1.14. The number of carbonyl (C=O) groups excluding carboxylic acids is 3. The average molecular weight is 717 g/mol. The normalized spacial score (nSPS) is 14.5. The first-order valence-electron chi connectivity index (χ1n) is 16.5. The van der Waals surface area contributed by atoms with Crippen LogP contribution in [-0.4, -0.2) is 30.1 Å². The van der Waals surface area contributed by atoms with Crippen molar-refractivity contribution in [3.05, 3.63) is 124 Å². The van der Waals surface area contributed by atoms with Crippen molar-refractivity contribution in [2.45, 2.75) is 43.3 Å².